The van der Waals surface area contributed by atoms with Crippen LogP contribution in [-0.2, 0) is 0 Å². The van der Waals surface area contributed by atoms with Gasteiger partial charge in [-0.25, -0.2) is 0 Å². The molecule has 1 aliphatic heterocycles. The van der Waals surface area contributed by atoms with Crippen molar-refractivity contribution in [2.75, 3.05) is 37.7 Å². The van der Waals surface area contributed by atoms with Crippen molar-refractivity contribution >= 4 is 11.4 Å². The molecule has 0 aliphatic carbocycles. The number of benzene rings is 1. The zero-order valence-electron chi connectivity index (χ0n) is 10.9. The first-order chi connectivity index (χ1) is 8.15. The molecule has 0 amide bonds. The normalized spacial score (nSPS) is 21.4. The Morgan fingerprint density at radius 1 is 1.47 bits per heavy atom. The van der Waals surface area contributed by atoms with Crippen molar-refractivity contribution in [3.63, 3.8) is 0 Å². The Hall–Kier alpha value is -1.22. The van der Waals surface area contributed by atoms with Crippen LogP contribution in [0.2, 0.25) is 0 Å². The van der Waals surface area contributed by atoms with Gasteiger partial charge in [-0.3, -0.25) is 0 Å². The lowest BCUT2D eigenvalue weighted by atomic mass is 9.98. The molecular weight excluding hydrogens is 210 g/mol. The summed E-state index contributed by atoms with van der Waals surface area (Å²) in [5, 5.41) is 3.48. The van der Waals surface area contributed by atoms with E-state index in [2.05, 4.69) is 36.3 Å². The molecule has 2 rings (SSSR count). The van der Waals surface area contributed by atoms with Gasteiger partial charge in [-0.1, -0.05) is 6.07 Å². The number of likely N-dealkylation sites (tertiary alicyclic amines) is 1. The van der Waals surface area contributed by atoms with E-state index in [-0.39, 0.29) is 0 Å². The van der Waals surface area contributed by atoms with E-state index in [4.69, 9.17) is 5.73 Å². The van der Waals surface area contributed by atoms with E-state index in [1.165, 1.54) is 31.5 Å². The van der Waals surface area contributed by atoms with Crippen molar-refractivity contribution in [1.82, 2.24) is 4.90 Å². The minimum atomic E-state index is 0.745. The van der Waals surface area contributed by atoms with Crippen molar-refractivity contribution in [1.29, 1.82) is 0 Å². The maximum absolute atomic E-state index is 5.99. The highest BCUT2D eigenvalue weighted by Crippen LogP contribution is 2.21. The summed E-state index contributed by atoms with van der Waals surface area (Å²) in [6.45, 7) is 5.52. The van der Waals surface area contributed by atoms with Crippen LogP contribution in [0, 0.1) is 12.8 Å². The largest absolute Gasteiger partial charge is 0.397 e. The lowest BCUT2D eigenvalue weighted by Gasteiger charge is -2.30. The van der Waals surface area contributed by atoms with Crippen LogP contribution < -0.4 is 11.1 Å². The number of aryl methyl sites for hydroxylation is 1. The van der Waals surface area contributed by atoms with Crippen molar-refractivity contribution in [3.05, 3.63) is 23.8 Å². The summed E-state index contributed by atoms with van der Waals surface area (Å²) in [5.74, 6) is 0.745. The molecule has 1 aliphatic rings. The fraction of sp³-hybridized carbons (Fsp3) is 0.571. The second-order valence-corrected chi connectivity index (χ2v) is 5.24. The molecule has 1 unspecified atom stereocenters. The Kier molecular flexibility index (Phi) is 3.89. The van der Waals surface area contributed by atoms with Gasteiger partial charge in [-0.05, 0) is 57.0 Å². The Morgan fingerprint density at radius 2 is 2.29 bits per heavy atom. The maximum atomic E-state index is 5.99. The van der Waals surface area contributed by atoms with Crippen LogP contribution in [0.1, 0.15) is 18.4 Å². The fourth-order valence-corrected chi connectivity index (χ4v) is 2.54. The summed E-state index contributed by atoms with van der Waals surface area (Å²) in [7, 11) is 2.20. The molecule has 3 N–H and O–H groups in total. The number of nitrogens with two attached hydrogens (primary N) is 1. The first-order valence-electron chi connectivity index (χ1n) is 6.43. The predicted molar refractivity (Wildman–Crippen MR) is 74.3 cm³/mol. The molecule has 3 heteroatoms. The molecular formula is C14H23N3. The van der Waals surface area contributed by atoms with Gasteiger partial charge in [0.25, 0.3) is 0 Å². The minimum absolute atomic E-state index is 0.745. The zero-order chi connectivity index (χ0) is 12.3. The second kappa shape index (κ2) is 5.41. The zero-order valence-corrected chi connectivity index (χ0v) is 10.9. The highest BCUT2D eigenvalue weighted by molar-refractivity contribution is 5.66. The third-order valence-corrected chi connectivity index (χ3v) is 3.51. The summed E-state index contributed by atoms with van der Waals surface area (Å²) < 4.78 is 0. The third-order valence-electron chi connectivity index (χ3n) is 3.51. The Bertz CT molecular complexity index is 376. The van der Waals surface area contributed by atoms with Crippen molar-refractivity contribution in [2.45, 2.75) is 19.8 Å². The number of piperidine rings is 1. The van der Waals surface area contributed by atoms with Crippen molar-refractivity contribution in [3.8, 4) is 0 Å². The van der Waals surface area contributed by atoms with Gasteiger partial charge in [0.15, 0.2) is 0 Å². The van der Waals surface area contributed by atoms with Crippen LogP contribution >= 0.6 is 0 Å². The number of rotatable bonds is 3. The number of anilines is 2. The van der Waals surface area contributed by atoms with Crippen LogP contribution in [-0.4, -0.2) is 31.6 Å². The Morgan fingerprint density at radius 3 is 3.00 bits per heavy atom. The molecule has 94 valence electrons. The van der Waals surface area contributed by atoms with Crippen LogP contribution in [0.4, 0.5) is 11.4 Å². The molecule has 1 fully saturated rings. The monoisotopic (exact) mass is 233 g/mol. The van der Waals surface area contributed by atoms with Gasteiger partial charge in [0.1, 0.15) is 0 Å². The van der Waals surface area contributed by atoms with Crippen LogP contribution in [0.25, 0.3) is 0 Å². The van der Waals surface area contributed by atoms with Crippen LogP contribution in [0.5, 0.6) is 0 Å². The molecule has 1 atom stereocenters. The second-order valence-electron chi connectivity index (χ2n) is 5.24. The number of nitrogens with one attached hydrogen (secondary N) is 1. The topological polar surface area (TPSA) is 41.3 Å². The third kappa shape index (κ3) is 3.37. The first-order valence-corrected chi connectivity index (χ1v) is 6.43. The molecule has 0 aromatic heterocycles. The smallest absolute Gasteiger partial charge is 0.0574 e. The van der Waals surface area contributed by atoms with Gasteiger partial charge < -0.3 is 16.0 Å². The van der Waals surface area contributed by atoms with Crippen molar-refractivity contribution < 1.29 is 0 Å². The van der Waals surface area contributed by atoms with Crippen LogP contribution in [0.15, 0.2) is 18.2 Å². The van der Waals surface area contributed by atoms with Gasteiger partial charge in [-0.2, -0.15) is 0 Å². The van der Waals surface area contributed by atoms with Gasteiger partial charge >= 0.3 is 0 Å². The summed E-state index contributed by atoms with van der Waals surface area (Å²) in [6.07, 6.45) is 2.63. The van der Waals surface area contributed by atoms with Gasteiger partial charge in [0, 0.05) is 13.1 Å². The average molecular weight is 233 g/mol. The molecule has 1 aromatic carbocycles. The van der Waals surface area contributed by atoms with Gasteiger partial charge in [0.05, 0.1) is 11.4 Å². The SMILES string of the molecule is Cc1ccc(NCC2CCCN(C)C2)c(N)c1. The van der Waals surface area contributed by atoms with E-state index >= 15 is 0 Å². The van der Waals surface area contributed by atoms with Gasteiger partial charge in [0.2, 0.25) is 0 Å². The summed E-state index contributed by atoms with van der Waals surface area (Å²) >= 11 is 0. The highest BCUT2D eigenvalue weighted by Gasteiger charge is 2.16. The molecule has 0 radical (unpaired) electrons. The van der Waals surface area contributed by atoms with E-state index in [9.17, 15) is 0 Å². The number of nitrogens with zero attached hydrogens (tertiary/aromatic N) is 1. The summed E-state index contributed by atoms with van der Waals surface area (Å²) in [5.41, 5.74) is 9.13. The molecule has 1 saturated heterocycles. The Labute approximate surface area is 104 Å². The fourth-order valence-electron chi connectivity index (χ4n) is 2.54. The number of nitrogen functional groups attached to an aromatic ring is 1. The van der Waals surface area contributed by atoms with E-state index in [0.717, 1.165) is 23.8 Å². The molecule has 1 heterocycles. The van der Waals surface area contributed by atoms with E-state index in [1.54, 1.807) is 0 Å². The standard InChI is InChI=1S/C14H23N3/c1-11-5-6-14(13(15)8-11)16-9-12-4-3-7-17(2)10-12/h5-6,8,12,16H,3-4,7,9-10,15H2,1-2H3. The molecule has 0 spiro atoms. The summed E-state index contributed by atoms with van der Waals surface area (Å²) in [4.78, 5) is 2.41. The Balaban J connectivity index is 1.88. The lowest BCUT2D eigenvalue weighted by Crippen LogP contribution is -2.35. The average Bonchev–Trinajstić information content (AvgIpc) is 2.28. The molecule has 0 bridgehead atoms. The number of hydrogen-bond acceptors (Lipinski definition) is 3. The van der Waals surface area contributed by atoms with Gasteiger partial charge in [-0.15, -0.1) is 0 Å². The highest BCUT2D eigenvalue weighted by atomic mass is 15.1. The van der Waals surface area contributed by atoms with E-state index < -0.39 is 0 Å². The van der Waals surface area contributed by atoms with E-state index in [0.29, 0.717) is 0 Å². The van der Waals surface area contributed by atoms with Crippen LogP contribution in [0.3, 0.4) is 0 Å². The number of hydrogen-bond donors (Lipinski definition) is 2. The maximum Gasteiger partial charge on any atom is 0.0574 e. The molecule has 0 saturated carbocycles. The molecule has 17 heavy (non-hydrogen) atoms. The summed E-state index contributed by atoms with van der Waals surface area (Å²) in [6, 6.07) is 6.21. The van der Waals surface area contributed by atoms with E-state index in [1.807, 2.05) is 6.07 Å². The molecule has 1 aromatic rings. The predicted octanol–water partition coefficient (Wildman–Crippen LogP) is 2.33. The quantitative estimate of drug-likeness (QED) is 0.787. The lowest BCUT2D eigenvalue weighted by molar-refractivity contribution is 0.217. The molecule has 3 nitrogen and oxygen atoms in total. The first kappa shape index (κ1) is 12.2. The minimum Gasteiger partial charge on any atom is -0.397 e. The van der Waals surface area contributed by atoms with Crippen molar-refractivity contribution in [2.24, 2.45) is 5.92 Å².